The van der Waals surface area contributed by atoms with Crippen LogP contribution in [0.25, 0.3) is 10.9 Å². The van der Waals surface area contributed by atoms with Crippen LogP contribution in [0.1, 0.15) is 30.1 Å². The zero-order valence-corrected chi connectivity index (χ0v) is 10.8. The number of hydrogen-bond acceptors (Lipinski definition) is 3. The van der Waals surface area contributed by atoms with Crippen molar-refractivity contribution in [1.29, 1.82) is 5.26 Å². The highest BCUT2D eigenvalue weighted by Crippen LogP contribution is 2.16. The Morgan fingerprint density at radius 3 is 2.95 bits per heavy atom. The third-order valence-corrected chi connectivity index (χ3v) is 3.04. The molecule has 96 valence electrons. The van der Waals surface area contributed by atoms with Crippen molar-refractivity contribution in [3.8, 4) is 6.07 Å². The molecule has 1 aromatic carbocycles. The molecule has 4 nitrogen and oxygen atoms in total. The highest BCUT2D eigenvalue weighted by molar-refractivity contribution is 6.05. The van der Waals surface area contributed by atoms with Gasteiger partial charge in [-0.2, -0.15) is 5.26 Å². The summed E-state index contributed by atoms with van der Waals surface area (Å²) in [5, 5.41) is 12.5. The number of hydrogen-bond donors (Lipinski definition) is 1. The van der Waals surface area contributed by atoms with E-state index in [0.29, 0.717) is 17.5 Å². The molecule has 0 fully saturated rings. The maximum absolute atomic E-state index is 12.2. The molecule has 1 aromatic heterocycles. The van der Waals surface area contributed by atoms with Crippen LogP contribution in [0.5, 0.6) is 0 Å². The van der Waals surface area contributed by atoms with Crippen molar-refractivity contribution in [3.63, 3.8) is 0 Å². The third kappa shape index (κ3) is 2.89. The first-order chi connectivity index (χ1) is 9.26. The number of nitrogens with zero attached hydrogens (tertiary/aromatic N) is 2. The van der Waals surface area contributed by atoms with Crippen LogP contribution in [0.4, 0.5) is 0 Å². The molecular formula is C15H15N3O. The fourth-order valence-electron chi connectivity index (χ4n) is 1.96. The summed E-state index contributed by atoms with van der Waals surface area (Å²) in [5.41, 5.74) is 1.24. The number of pyridine rings is 1. The van der Waals surface area contributed by atoms with Crippen molar-refractivity contribution in [2.24, 2.45) is 0 Å². The average molecular weight is 253 g/mol. The second-order valence-corrected chi connectivity index (χ2v) is 4.32. The Hall–Kier alpha value is -2.41. The highest BCUT2D eigenvalue weighted by Gasteiger charge is 2.14. The Balaban J connectivity index is 2.29. The van der Waals surface area contributed by atoms with Gasteiger partial charge in [0.1, 0.15) is 0 Å². The lowest BCUT2D eigenvalue weighted by Crippen LogP contribution is -2.34. The monoisotopic (exact) mass is 253 g/mol. The summed E-state index contributed by atoms with van der Waals surface area (Å²) in [6, 6.07) is 11.2. The molecule has 1 amide bonds. The second kappa shape index (κ2) is 5.96. The van der Waals surface area contributed by atoms with Crippen molar-refractivity contribution in [2.75, 3.05) is 0 Å². The smallest absolute Gasteiger partial charge is 0.253 e. The molecular weight excluding hydrogens is 238 g/mol. The molecule has 0 bridgehead atoms. The zero-order valence-electron chi connectivity index (χ0n) is 10.8. The fourth-order valence-corrected chi connectivity index (χ4v) is 1.96. The summed E-state index contributed by atoms with van der Waals surface area (Å²) >= 11 is 0. The number of aromatic nitrogens is 1. The zero-order chi connectivity index (χ0) is 13.7. The van der Waals surface area contributed by atoms with E-state index in [1.807, 2.05) is 31.2 Å². The van der Waals surface area contributed by atoms with Gasteiger partial charge in [-0.3, -0.25) is 9.78 Å². The fraction of sp³-hybridized carbons (Fsp3) is 0.267. The van der Waals surface area contributed by atoms with Gasteiger partial charge in [0.15, 0.2) is 0 Å². The minimum absolute atomic E-state index is 0.114. The van der Waals surface area contributed by atoms with Crippen LogP contribution in [-0.2, 0) is 0 Å². The average Bonchev–Trinajstić information content (AvgIpc) is 2.46. The summed E-state index contributed by atoms with van der Waals surface area (Å²) in [6.45, 7) is 1.95. The van der Waals surface area contributed by atoms with Gasteiger partial charge in [0.25, 0.3) is 5.91 Å². The Labute approximate surface area is 112 Å². The SMILES string of the molecule is CCC(CC#N)NC(=O)c1cccc2cccnc12. The number of rotatable bonds is 4. The molecule has 19 heavy (non-hydrogen) atoms. The van der Waals surface area contributed by atoms with Crippen LogP contribution >= 0.6 is 0 Å². The highest BCUT2D eigenvalue weighted by atomic mass is 16.1. The van der Waals surface area contributed by atoms with Crippen LogP contribution in [-0.4, -0.2) is 16.9 Å². The minimum atomic E-state index is -0.175. The summed E-state index contributed by atoms with van der Waals surface area (Å²) in [5.74, 6) is -0.175. The Morgan fingerprint density at radius 1 is 1.42 bits per heavy atom. The Kier molecular flexibility index (Phi) is 4.09. The molecule has 0 saturated heterocycles. The largest absolute Gasteiger partial charge is 0.348 e. The van der Waals surface area contributed by atoms with Crippen LogP contribution in [0.3, 0.4) is 0 Å². The van der Waals surface area contributed by atoms with Crippen LogP contribution in [0.15, 0.2) is 36.5 Å². The number of nitriles is 1. The number of benzene rings is 1. The van der Waals surface area contributed by atoms with Crippen LogP contribution in [0.2, 0.25) is 0 Å². The molecule has 0 saturated carbocycles. The Morgan fingerprint density at radius 2 is 2.21 bits per heavy atom. The van der Waals surface area contributed by atoms with Gasteiger partial charge in [0.2, 0.25) is 0 Å². The van der Waals surface area contributed by atoms with Gasteiger partial charge >= 0.3 is 0 Å². The molecule has 0 radical (unpaired) electrons. The molecule has 1 unspecified atom stereocenters. The van der Waals surface area contributed by atoms with Crippen LogP contribution < -0.4 is 5.32 Å². The lowest BCUT2D eigenvalue weighted by molar-refractivity contribution is 0.0938. The first-order valence-electron chi connectivity index (χ1n) is 6.27. The van der Waals surface area contributed by atoms with E-state index < -0.39 is 0 Å². The predicted molar refractivity (Wildman–Crippen MR) is 73.5 cm³/mol. The van der Waals surface area contributed by atoms with E-state index in [-0.39, 0.29) is 11.9 Å². The van der Waals surface area contributed by atoms with E-state index in [2.05, 4.69) is 16.4 Å². The Bertz CT molecular complexity index is 625. The van der Waals surface area contributed by atoms with Crippen LogP contribution in [0, 0.1) is 11.3 Å². The normalized spacial score (nSPS) is 11.8. The van der Waals surface area contributed by atoms with Crippen molar-refractivity contribution in [2.45, 2.75) is 25.8 Å². The van der Waals surface area contributed by atoms with E-state index in [1.54, 1.807) is 12.3 Å². The lowest BCUT2D eigenvalue weighted by atomic mass is 10.1. The van der Waals surface area contributed by atoms with Gasteiger partial charge in [0, 0.05) is 17.6 Å². The third-order valence-electron chi connectivity index (χ3n) is 3.04. The van der Waals surface area contributed by atoms with Crippen molar-refractivity contribution >= 4 is 16.8 Å². The van der Waals surface area contributed by atoms with E-state index in [1.165, 1.54) is 0 Å². The number of para-hydroxylation sites is 1. The molecule has 2 aromatic rings. The van der Waals surface area contributed by atoms with Crippen molar-refractivity contribution in [3.05, 3.63) is 42.1 Å². The molecule has 1 N–H and O–H groups in total. The maximum atomic E-state index is 12.2. The molecule has 1 heterocycles. The number of fused-ring (bicyclic) bond motifs is 1. The number of carbonyl (C=O) groups is 1. The molecule has 0 aliphatic heterocycles. The first kappa shape index (κ1) is 13.0. The number of carbonyl (C=O) groups excluding carboxylic acids is 1. The van der Waals surface area contributed by atoms with Gasteiger partial charge in [-0.15, -0.1) is 0 Å². The quantitative estimate of drug-likeness (QED) is 0.910. The minimum Gasteiger partial charge on any atom is -0.348 e. The van der Waals surface area contributed by atoms with E-state index in [4.69, 9.17) is 5.26 Å². The molecule has 0 aliphatic carbocycles. The first-order valence-corrected chi connectivity index (χ1v) is 6.27. The summed E-state index contributed by atoms with van der Waals surface area (Å²) in [7, 11) is 0. The maximum Gasteiger partial charge on any atom is 0.253 e. The molecule has 0 aliphatic rings. The van der Waals surface area contributed by atoms with E-state index >= 15 is 0 Å². The summed E-state index contributed by atoms with van der Waals surface area (Å²) in [6.07, 6.45) is 2.73. The van der Waals surface area contributed by atoms with Gasteiger partial charge in [0.05, 0.1) is 23.6 Å². The molecule has 4 heteroatoms. The summed E-state index contributed by atoms with van der Waals surface area (Å²) in [4.78, 5) is 16.5. The molecule has 2 rings (SSSR count). The van der Waals surface area contributed by atoms with Gasteiger partial charge in [-0.25, -0.2) is 0 Å². The van der Waals surface area contributed by atoms with Crippen molar-refractivity contribution in [1.82, 2.24) is 10.3 Å². The molecule has 1 atom stereocenters. The van der Waals surface area contributed by atoms with E-state index in [0.717, 1.165) is 11.8 Å². The molecule has 0 spiro atoms. The predicted octanol–water partition coefficient (Wildman–Crippen LogP) is 2.66. The van der Waals surface area contributed by atoms with Gasteiger partial charge < -0.3 is 5.32 Å². The summed E-state index contributed by atoms with van der Waals surface area (Å²) < 4.78 is 0. The topological polar surface area (TPSA) is 65.8 Å². The number of amides is 1. The van der Waals surface area contributed by atoms with Gasteiger partial charge in [-0.1, -0.05) is 25.1 Å². The van der Waals surface area contributed by atoms with Gasteiger partial charge in [-0.05, 0) is 18.6 Å². The van der Waals surface area contributed by atoms with Crippen molar-refractivity contribution < 1.29 is 4.79 Å². The number of nitrogens with one attached hydrogen (secondary N) is 1. The second-order valence-electron chi connectivity index (χ2n) is 4.32. The lowest BCUT2D eigenvalue weighted by Gasteiger charge is -2.14. The van der Waals surface area contributed by atoms with E-state index in [9.17, 15) is 4.79 Å². The standard InChI is InChI=1S/C15H15N3O/c1-2-12(8-9-16)18-15(19)13-7-3-5-11-6-4-10-17-14(11)13/h3-7,10,12H,2,8H2,1H3,(H,18,19).